The van der Waals surface area contributed by atoms with Crippen LogP contribution in [0.1, 0.15) is 43.7 Å². The van der Waals surface area contributed by atoms with Crippen LogP contribution < -0.4 is 5.14 Å². The molecule has 112 valence electrons. The number of nitrogens with zero attached hydrogens (tertiary/aromatic N) is 1. The van der Waals surface area contributed by atoms with Crippen LogP contribution >= 0.6 is 0 Å². The van der Waals surface area contributed by atoms with E-state index in [2.05, 4.69) is 6.07 Å². The summed E-state index contributed by atoms with van der Waals surface area (Å²) >= 11 is 0. The molecule has 2 N–H and O–H groups in total. The van der Waals surface area contributed by atoms with Gasteiger partial charge in [-0.3, -0.25) is 0 Å². The van der Waals surface area contributed by atoms with Gasteiger partial charge in [0.15, 0.2) is 0 Å². The van der Waals surface area contributed by atoms with Crippen molar-refractivity contribution in [1.29, 1.82) is 0 Å². The molecular formula is C16H20N2O2S. The summed E-state index contributed by atoms with van der Waals surface area (Å²) in [7, 11) is -3.73. The van der Waals surface area contributed by atoms with Crippen LogP contribution in [-0.2, 0) is 10.0 Å². The molecule has 1 fully saturated rings. The van der Waals surface area contributed by atoms with Crippen LogP contribution in [0.2, 0.25) is 0 Å². The number of hydrogen-bond acceptors (Lipinski definition) is 2. The average molecular weight is 304 g/mol. The standard InChI is InChI=1S/C16H20N2O2S/c17-21(19,20)16-11-5-4-9-15(16)18-12-6-10-14(18)13-7-2-1-3-8-13/h4-6,9-13H,1-3,7-8H2,(H2,17,19,20). The second kappa shape index (κ2) is 5.66. The van der Waals surface area contributed by atoms with Crippen molar-refractivity contribution in [2.24, 2.45) is 5.14 Å². The highest BCUT2D eigenvalue weighted by Gasteiger charge is 2.21. The number of hydrogen-bond donors (Lipinski definition) is 1. The molecule has 0 spiro atoms. The minimum atomic E-state index is -3.73. The maximum absolute atomic E-state index is 11.8. The minimum Gasteiger partial charge on any atom is -0.319 e. The third-order valence-electron chi connectivity index (χ3n) is 4.24. The fraction of sp³-hybridized carbons (Fsp3) is 0.375. The van der Waals surface area contributed by atoms with Crippen LogP contribution in [0.3, 0.4) is 0 Å². The van der Waals surface area contributed by atoms with Crippen LogP contribution in [0.5, 0.6) is 0 Å². The number of nitrogens with two attached hydrogens (primary N) is 1. The molecular weight excluding hydrogens is 284 g/mol. The lowest BCUT2D eigenvalue weighted by Crippen LogP contribution is -2.17. The van der Waals surface area contributed by atoms with E-state index in [4.69, 9.17) is 5.14 Å². The zero-order chi connectivity index (χ0) is 14.9. The molecule has 0 amide bonds. The lowest BCUT2D eigenvalue weighted by Gasteiger charge is -2.24. The summed E-state index contributed by atoms with van der Waals surface area (Å²) in [6, 6.07) is 11.0. The highest BCUT2D eigenvalue weighted by molar-refractivity contribution is 7.89. The van der Waals surface area contributed by atoms with Gasteiger partial charge in [0.2, 0.25) is 10.0 Å². The molecule has 1 aliphatic rings. The number of aromatic nitrogens is 1. The number of benzene rings is 1. The molecule has 21 heavy (non-hydrogen) atoms. The van der Waals surface area contributed by atoms with Crippen LogP contribution in [-0.4, -0.2) is 13.0 Å². The average Bonchev–Trinajstić information content (AvgIpc) is 2.96. The van der Waals surface area contributed by atoms with E-state index < -0.39 is 10.0 Å². The van der Waals surface area contributed by atoms with Gasteiger partial charge in [0.05, 0.1) is 5.69 Å². The van der Waals surface area contributed by atoms with Crippen molar-refractivity contribution in [3.63, 3.8) is 0 Å². The predicted molar refractivity (Wildman–Crippen MR) is 83.0 cm³/mol. The van der Waals surface area contributed by atoms with Gasteiger partial charge >= 0.3 is 0 Å². The van der Waals surface area contributed by atoms with Crippen LogP contribution in [0.15, 0.2) is 47.5 Å². The maximum atomic E-state index is 11.8. The molecule has 4 nitrogen and oxygen atoms in total. The largest absolute Gasteiger partial charge is 0.319 e. The van der Waals surface area contributed by atoms with Gasteiger partial charge in [-0.2, -0.15) is 0 Å². The Labute approximate surface area is 125 Å². The van der Waals surface area contributed by atoms with Gasteiger partial charge in [-0.05, 0) is 43.0 Å². The van der Waals surface area contributed by atoms with Crippen molar-refractivity contribution >= 4 is 10.0 Å². The molecule has 1 saturated carbocycles. The molecule has 1 aromatic heterocycles. The van der Waals surface area contributed by atoms with Crippen molar-refractivity contribution in [2.45, 2.75) is 42.9 Å². The monoisotopic (exact) mass is 304 g/mol. The van der Waals surface area contributed by atoms with E-state index in [1.54, 1.807) is 12.1 Å². The fourth-order valence-electron chi connectivity index (χ4n) is 3.24. The Balaban J connectivity index is 2.08. The molecule has 0 unspecified atom stereocenters. The van der Waals surface area contributed by atoms with Crippen LogP contribution in [0.25, 0.3) is 5.69 Å². The lowest BCUT2D eigenvalue weighted by molar-refractivity contribution is 0.433. The Hall–Kier alpha value is -1.59. The molecule has 0 bridgehead atoms. The summed E-state index contributed by atoms with van der Waals surface area (Å²) in [5.41, 5.74) is 1.83. The molecule has 2 aromatic rings. The third kappa shape index (κ3) is 2.89. The molecule has 0 atom stereocenters. The van der Waals surface area contributed by atoms with E-state index in [0.717, 1.165) is 0 Å². The molecule has 1 heterocycles. The zero-order valence-corrected chi connectivity index (χ0v) is 12.7. The van der Waals surface area contributed by atoms with E-state index in [0.29, 0.717) is 11.6 Å². The lowest BCUT2D eigenvalue weighted by atomic mass is 9.87. The van der Waals surface area contributed by atoms with Gasteiger partial charge in [0.1, 0.15) is 4.90 Å². The van der Waals surface area contributed by atoms with Crippen molar-refractivity contribution in [2.75, 3.05) is 0 Å². The van der Waals surface area contributed by atoms with Gasteiger partial charge in [0, 0.05) is 11.9 Å². The quantitative estimate of drug-likeness (QED) is 0.946. The summed E-state index contributed by atoms with van der Waals surface area (Å²) in [6.45, 7) is 0. The number of primary sulfonamides is 1. The van der Waals surface area contributed by atoms with E-state index in [1.807, 2.05) is 29.0 Å². The SMILES string of the molecule is NS(=O)(=O)c1ccccc1-n1cccc1C1CCCCC1. The van der Waals surface area contributed by atoms with Crippen molar-refractivity contribution in [1.82, 2.24) is 4.57 Å². The smallest absolute Gasteiger partial charge is 0.240 e. The molecule has 0 saturated heterocycles. The van der Waals surface area contributed by atoms with Gasteiger partial charge in [-0.15, -0.1) is 0 Å². The summed E-state index contributed by atoms with van der Waals surface area (Å²) in [4.78, 5) is 0.179. The zero-order valence-electron chi connectivity index (χ0n) is 11.9. The Morgan fingerprint density at radius 2 is 1.71 bits per heavy atom. The Bertz CT molecular complexity index is 728. The number of sulfonamides is 1. The van der Waals surface area contributed by atoms with Gasteiger partial charge in [-0.25, -0.2) is 13.6 Å². The van der Waals surface area contributed by atoms with Crippen LogP contribution in [0, 0.1) is 0 Å². The van der Waals surface area contributed by atoms with E-state index >= 15 is 0 Å². The van der Waals surface area contributed by atoms with Crippen LogP contribution in [0.4, 0.5) is 0 Å². The van der Waals surface area contributed by atoms with E-state index in [1.165, 1.54) is 37.8 Å². The second-order valence-electron chi connectivity index (χ2n) is 5.65. The second-order valence-corrected chi connectivity index (χ2v) is 7.18. The topological polar surface area (TPSA) is 65.1 Å². The fourth-order valence-corrected chi connectivity index (χ4v) is 3.97. The Morgan fingerprint density at radius 1 is 1.00 bits per heavy atom. The van der Waals surface area contributed by atoms with Gasteiger partial charge in [0.25, 0.3) is 0 Å². The number of rotatable bonds is 3. The molecule has 1 aliphatic carbocycles. The van der Waals surface area contributed by atoms with E-state index in [9.17, 15) is 8.42 Å². The van der Waals surface area contributed by atoms with Gasteiger partial charge in [-0.1, -0.05) is 31.4 Å². The third-order valence-corrected chi connectivity index (χ3v) is 5.19. The molecule has 0 radical (unpaired) electrons. The predicted octanol–water partition coefficient (Wildman–Crippen LogP) is 3.17. The molecule has 3 rings (SSSR count). The van der Waals surface area contributed by atoms with E-state index in [-0.39, 0.29) is 4.90 Å². The maximum Gasteiger partial charge on any atom is 0.240 e. The van der Waals surface area contributed by atoms with Crippen molar-refractivity contribution < 1.29 is 8.42 Å². The first-order valence-electron chi connectivity index (χ1n) is 7.37. The first-order valence-corrected chi connectivity index (χ1v) is 8.91. The first-order chi connectivity index (χ1) is 10.1. The molecule has 1 aromatic carbocycles. The number of para-hydroxylation sites is 1. The first kappa shape index (κ1) is 14.4. The van der Waals surface area contributed by atoms with Crippen molar-refractivity contribution in [3.05, 3.63) is 48.3 Å². The highest BCUT2D eigenvalue weighted by atomic mass is 32.2. The summed E-state index contributed by atoms with van der Waals surface area (Å²) in [6.07, 6.45) is 8.04. The summed E-state index contributed by atoms with van der Waals surface area (Å²) in [5, 5.41) is 5.35. The minimum absolute atomic E-state index is 0.179. The molecule has 5 heteroatoms. The Morgan fingerprint density at radius 3 is 2.43 bits per heavy atom. The normalized spacial score (nSPS) is 17.0. The molecule has 0 aliphatic heterocycles. The van der Waals surface area contributed by atoms with Crippen molar-refractivity contribution in [3.8, 4) is 5.69 Å². The summed E-state index contributed by atoms with van der Waals surface area (Å²) < 4.78 is 25.6. The Kier molecular flexibility index (Phi) is 3.87. The van der Waals surface area contributed by atoms with Gasteiger partial charge < -0.3 is 4.57 Å². The summed E-state index contributed by atoms with van der Waals surface area (Å²) in [5.74, 6) is 0.502. The highest BCUT2D eigenvalue weighted by Crippen LogP contribution is 2.34.